The molecule has 0 fully saturated rings. The molecule has 4 aromatic rings. The molecule has 2 amide bonds. The van der Waals surface area contributed by atoms with Crippen LogP contribution in [0.3, 0.4) is 0 Å². The molecule has 3 aromatic carbocycles. The molecule has 6 nitrogen and oxygen atoms in total. The lowest BCUT2D eigenvalue weighted by atomic mass is 9.95. The molecule has 10 heteroatoms. The Morgan fingerprint density at radius 3 is 2.37 bits per heavy atom. The standard InChI is InChI=1S/C31H32F3N5OS/c1-20(2)26-16-7-21(3)18-27(26)29(41)37-30(40)35-17-5-4-6-22-8-10-23(11-9-22)28-36-19-39(38-28)25-14-12-24(13-15-25)31(32,33)34/h7-16,18-20H,4-6,17H2,1-3H3,(H2,35,37,40,41). The predicted molar refractivity (Wildman–Crippen MR) is 158 cm³/mol. The molecule has 0 atom stereocenters. The summed E-state index contributed by atoms with van der Waals surface area (Å²) < 4.78 is 39.9. The zero-order valence-electron chi connectivity index (χ0n) is 23.1. The number of carbonyl (C=O) groups is 1. The lowest BCUT2D eigenvalue weighted by molar-refractivity contribution is -0.137. The number of hydrogen-bond donors (Lipinski definition) is 2. The maximum Gasteiger partial charge on any atom is 0.416 e. The third kappa shape index (κ3) is 8.00. The maximum atomic E-state index is 12.8. The third-order valence-corrected chi connectivity index (χ3v) is 6.97. The van der Waals surface area contributed by atoms with Crippen LogP contribution in [0.1, 0.15) is 60.4 Å². The van der Waals surface area contributed by atoms with E-state index in [1.165, 1.54) is 23.1 Å². The Morgan fingerprint density at radius 1 is 1.00 bits per heavy atom. The minimum atomic E-state index is -4.38. The molecular weight excluding hydrogens is 547 g/mol. The fourth-order valence-corrected chi connectivity index (χ4v) is 4.65. The smallest absolute Gasteiger partial charge is 0.338 e. The van der Waals surface area contributed by atoms with Crippen molar-refractivity contribution in [3.8, 4) is 17.1 Å². The SMILES string of the molecule is Cc1ccc(C(C)C)c(C(=S)NC(=O)NCCCCc2ccc(-c3ncn(-c4ccc(C(F)(F)F)cc4)n3)cc2)c1. The van der Waals surface area contributed by atoms with Crippen molar-refractivity contribution in [2.75, 3.05) is 6.54 Å². The number of hydrogen-bond acceptors (Lipinski definition) is 4. The van der Waals surface area contributed by atoms with Gasteiger partial charge in [0.1, 0.15) is 11.3 Å². The molecule has 0 saturated heterocycles. The highest BCUT2D eigenvalue weighted by molar-refractivity contribution is 7.80. The van der Waals surface area contributed by atoms with E-state index in [1.54, 1.807) is 0 Å². The summed E-state index contributed by atoms with van der Waals surface area (Å²) >= 11 is 5.50. The molecule has 214 valence electrons. The topological polar surface area (TPSA) is 71.8 Å². The first-order chi connectivity index (χ1) is 19.5. The highest BCUT2D eigenvalue weighted by Gasteiger charge is 2.30. The number of urea groups is 1. The number of carbonyl (C=O) groups excluding carboxylic acids is 1. The van der Waals surface area contributed by atoms with Gasteiger partial charge in [-0.2, -0.15) is 13.2 Å². The normalized spacial score (nSPS) is 11.5. The van der Waals surface area contributed by atoms with E-state index in [9.17, 15) is 18.0 Å². The second kappa shape index (κ2) is 13.1. The van der Waals surface area contributed by atoms with Gasteiger partial charge < -0.3 is 5.32 Å². The Kier molecular flexibility index (Phi) is 9.54. The van der Waals surface area contributed by atoms with E-state index in [1.807, 2.05) is 43.3 Å². The van der Waals surface area contributed by atoms with Gasteiger partial charge in [0.25, 0.3) is 0 Å². The molecule has 41 heavy (non-hydrogen) atoms. The molecule has 0 unspecified atom stereocenters. The minimum absolute atomic E-state index is 0.295. The highest BCUT2D eigenvalue weighted by atomic mass is 32.1. The average molecular weight is 580 g/mol. The van der Waals surface area contributed by atoms with Crippen molar-refractivity contribution < 1.29 is 18.0 Å². The monoisotopic (exact) mass is 579 g/mol. The number of nitrogens with one attached hydrogen (secondary N) is 2. The predicted octanol–water partition coefficient (Wildman–Crippen LogP) is 7.38. The van der Waals surface area contributed by atoms with Crippen LogP contribution >= 0.6 is 12.2 Å². The van der Waals surface area contributed by atoms with Gasteiger partial charge in [-0.05, 0) is 73.6 Å². The number of aromatic nitrogens is 3. The molecule has 1 aromatic heterocycles. The van der Waals surface area contributed by atoms with Gasteiger partial charge in [0.2, 0.25) is 0 Å². The zero-order valence-corrected chi connectivity index (χ0v) is 23.9. The number of rotatable bonds is 9. The van der Waals surface area contributed by atoms with Gasteiger partial charge in [0.15, 0.2) is 5.82 Å². The maximum absolute atomic E-state index is 12.8. The van der Waals surface area contributed by atoms with Crippen LogP contribution in [0.2, 0.25) is 0 Å². The molecule has 0 aliphatic heterocycles. The molecule has 0 aliphatic carbocycles. The van der Waals surface area contributed by atoms with E-state index in [2.05, 4.69) is 40.6 Å². The van der Waals surface area contributed by atoms with Crippen LogP contribution < -0.4 is 10.6 Å². The van der Waals surface area contributed by atoms with E-state index < -0.39 is 11.7 Å². The number of halogens is 3. The fourth-order valence-electron chi connectivity index (χ4n) is 4.38. The van der Waals surface area contributed by atoms with Crippen LogP contribution in [-0.4, -0.2) is 32.3 Å². The number of thiocarbonyl (C=S) groups is 1. The van der Waals surface area contributed by atoms with E-state index in [0.29, 0.717) is 29.0 Å². The Labute approximate surface area is 243 Å². The van der Waals surface area contributed by atoms with Crippen LogP contribution in [0.25, 0.3) is 17.1 Å². The van der Waals surface area contributed by atoms with Gasteiger partial charge in [-0.1, -0.05) is 68.0 Å². The molecule has 4 rings (SSSR count). The van der Waals surface area contributed by atoms with Crippen molar-refractivity contribution >= 4 is 23.2 Å². The van der Waals surface area contributed by atoms with E-state index >= 15 is 0 Å². The molecule has 0 saturated carbocycles. The van der Waals surface area contributed by atoms with Crippen molar-refractivity contribution in [3.05, 3.63) is 101 Å². The summed E-state index contributed by atoms with van der Waals surface area (Å²) in [7, 11) is 0. The summed E-state index contributed by atoms with van der Waals surface area (Å²) in [5.74, 6) is 0.777. The van der Waals surface area contributed by atoms with E-state index in [4.69, 9.17) is 12.2 Å². The first-order valence-electron chi connectivity index (χ1n) is 13.4. The highest BCUT2D eigenvalue weighted by Crippen LogP contribution is 2.29. The van der Waals surface area contributed by atoms with Crippen molar-refractivity contribution in [1.29, 1.82) is 0 Å². The van der Waals surface area contributed by atoms with Crippen LogP contribution in [-0.2, 0) is 12.6 Å². The van der Waals surface area contributed by atoms with Crippen LogP contribution in [0.5, 0.6) is 0 Å². The third-order valence-electron chi connectivity index (χ3n) is 6.64. The lowest BCUT2D eigenvalue weighted by Crippen LogP contribution is -2.39. The molecular formula is C31H32F3N5OS. The van der Waals surface area contributed by atoms with E-state index in [-0.39, 0.29) is 6.03 Å². The van der Waals surface area contributed by atoms with Gasteiger partial charge >= 0.3 is 12.2 Å². The summed E-state index contributed by atoms with van der Waals surface area (Å²) in [5, 5.41) is 10.1. The largest absolute Gasteiger partial charge is 0.416 e. The van der Waals surface area contributed by atoms with Crippen molar-refractivity contribution in [1.82, 2.24) is 25.4 Å². The Morgan fingerprint density at radius 2 is 1.71 bits per heavy atom. The Balaban J connectivity index is 1.22. The summed E-state index contributed by atoms with van der Waals surface area (Å²) in [4.78, 5) is 17.1. The van der Waals surface area contributed by atoms with Gasteiger partial charge in [-0.15, -0.1) is 5.10 Å². The zero-order chi connectivity index (χ0) is 29.6. The Hall–Kier alpha value is -4.05. The second-order valence-corrected chi connectivity index (χ2v) is 10.6. The molecule has 0 radical (unpaired) electrons. The van der Waals surface area contributed by atoms with Crippen LogP contribution in [0.4, 0.5) is 18.0 Å². The van der Waals surface area contributed by atoms with Gasteiger partial charge in [-0.25, -0.2) is 14.5 Å². The molecule has 2 N–H and O–H groups in total. The number of aryl methyl sites for hydroxylation is 2. The summed E-state index contributed by atoms with van der Waals surface area (Å²) in [6.07, 6.45) is -0.363. The minimum Gasteiger partial charge on any atom is -0.338 e. The summed E-state index contributed by atoms with van der Waals surface area (Å²) in [6, 6.07) is 18.4. The second-order valence-electron chi connectivity index (χ2n) is 10.2. The van der Waals surface area contributed by atoms with Crippen molar-refractivity contribution in [3.63, 3.8) is 0 Å². The average Bonchev–Trinajstić information content (AvgIpc) is 3.43. The number of unbranched alkanes of at least 4 members (excludes halogenated alkanes) is 1. The number of alkyl halides is 3. The number of nitrogens with zero attached hydrogens (tertiary/aromatic N) is 3. The van der Waals surface area contributed by atoms with Gasteiger partial charge in [-0.3, -0.25) is 5.32 Å². The van der Waals surface area contributed by atoms with Crippen molar-refractivity contribution in [2.45, 2.75) is 52.1 Å². The summed E-state index contributed by atoms with van der Waals surface area (Å²) in [6.45, 7) is 6.73. The Bertz CT molecular complexity index is 1500. The first kappa shape index (κ1) is 29.9. The molecule has 0 spiro atoms. The van der Waals surface area contributed by atoms with Crippen molar-refractivity contribution in [2.24, 2.45) is 0 Å². The fraction of sp³-hybridized carbons (Fsp3) is 0.290. The van der Waals surface area contributed by atoms with Gasteiger partial charge in [0.05, 0.1) is 11.3 Å². The molecule has 0 aliphatic rings. The summed E-state index contributed by atoms with van der Waals surface area (Å²) in [5.41, 5.74) is 4.81. The molecule has 0 bridgehead atoms. The number of amides is 2. The molecule has 1 heterocycles. The van der Waals surface area contributed by atoms with Crippen LogP contribution in [0, 0.1) is 6.92 Å². The van der Waals surface area contributed by atoms with E-state index in [0.717, 1.165) is 59.2 Å². The van der Waals surface area contributed by atoms with Crippen LogP contribution in [0.15, 0.2) is 73.1 Å². The quantitative estimate of drug-likeness (QED) is 0.160. The van der Waals surface area contributed by atoms with Gasteiger partial charge in [0, 0.05) is 17.7 Å². The first-order valence-corrected chi connectivity index (χ1v) is 13.8. The number of benzene rings is 3. The lowest BCUT2D eigenvalue weighted by Gasteiger charge is -2.15.